The number of nitrogens with zero attached hydrogens (tertiary/aromatic N) is 1. The molecule has 0 aromatic rings. The smallest absolute Gasteiger partial charge is 0.449 e. The van der Waals surface area contributed by atoms with Gasteiger partial charge in [-0.15, -0.1) is 0 Å². The second kappa shape index (κ2) is 13.7. The summed E-state index contributed by atoms with van der Waals surface area (Å²) in [7, 11) is 1.77. The molecular formula is C37H51F6NO10. The first-order valence-electron chi connectivity index (χ1n) is 19.3. The number of rotatable bonds is 10. The molecule has 0 N–H and O–H groups in total. The number of likely N-dealkylation sites (N-methyl/N-ethyl adjacent to an activating group) is 1. The van der Waals surface area contributed by atoms with Gasteiger partial charge >= 0.3 is 12.4 Å². The molecule has 2 saturated carbocycles. The molecule has 6 saturated heterocycles. The van der Waals surface area contributed by atoms with Crippen molar-refractivity contribution in [3.63, 3.8) is 0 Å². The van der Waals surface area contributed by atoms with Crippen molar-refractivity contribution in [1.82, 2.24) is 4.90 Å². The Hall–Kier alpha value is -1.70. The van der Waals surface area contributed by atoms with Gasteiger partial charge in [-0.25, -0.2) is 19.6 Å². The summed E-state index contributed by atoms with van der Waals surface area (Å²) in [6.45, 7) is 7.62. The summed E-state index contributed by atoms with van der Waals surface area (Å²) in [5.74, 6) is -5.90. The molecule has 8 heterocycles. The number of allylic oxidation sites excluding steroid dienone is 2. The maximum atomic E-state index is 14.5. The van der Waals surface area contributed by atoms with Crippen LogP contribution in [0.5, 0.6) is 0 Å². The molecule has 0 aromatic carbocycles. The molecule has 54 heavy (non-hydrogen) atoms. The molecular weight excluding hydrogens is 732 g/mol. The normalized spacial score (nSPS) is 44.4. The molecule has 0 aromatic heterocycles. The average molecular weight is 784 g/mol. The molecule has 4 bridgehead atoms. The molecule has 306 valence electrons. The Labute approximate surface area is 310 Å². The summed E-state index contributed by atoms with van der Waals surface area (Å²) < 4.78 is 122. The number of fused-ring (bicyclic) bond motifs is 4. The Balaban J connectivity index is 0.894. The summed E-state index contributed by atoms with van der Waals surface area (Å²) in [6, 6.07) is 0. The highest BCUT2D eigenvalue weighted by atomic mass is 19.4. The standard InChI is InChI=1S/C37H51F6NO10/c1-20-6-8-26-22(28(36(38,39)40)47-30-34(26)24(20)10-12-32(3,49-30)51-53-34)18-45-16-14-44(5)15-17-46-19-23-27-9-7-21(2)25-11-13-33(4)50-31(35(25,27)54-52-33)48-29(23)37(41,42)43/h20-21,24-27,30-31H,6-19H2,1-5H3/t20-,21-,24?,25?,26+,27+,30-,31-,32+,33+,34-,35-/m1/s1. The van der Waals surface area contributed by atoms with E-state index in [1.54, 1.807) is 20.9 Å². The monoisotopic (exact) mass is 783 g/mol. The lowest BCUT2D eigenvalue weighted by molar-refractivity contribution is -0.558. The number of halogens is 6. The van der Waals surface area contributed by atoms with Crippen LogP contribution in [-0.2, 0) is 48.0 Å². The zero-order chi connectivity index (χ0) is 38.5. The fourth-order valence-electron chi connectivity index (χ4n) is 10.7. The van der Waals surface area contributed by atoms with E-state index in [0.29, 0.717) is 64.5 Å². The lowest BCUT2D eigenvalue weighted by Crippen LogP contribution is -2.67. The quantitative estimate of drug-likeness (QED) is 0.129. The Morgan fingerprint density at radius 3 is 1.43 bits per heavy atom. The lowest BCUT2D eigenvalue weighted by Gasteiger charge is -2.57. The molecule has 11 nitrogen and oxygen atoms in total. The molecule has 10 rings (SSSR count). The maximum absolute atomic E-state index is 14.5. The van der Waals surface area contributed by atoms with E-state index in [4.69, 9.17) is 48.0 Å². The van der Waals surface area contributed by atoms with Gasteiger partial charge in [0.25, 0.3) is 0 Å². The average Bonchev–Trinajstić information content (AvgIpc) is 3.47. The van der Waals surface area contributed by atoms with Gasteiger partial charge in [-0.05, 0) is 71.3 Å². The van der Waals surface area contributed by atoms with Crippen LogP contribution in [0.2, 0.25) is 0 Å². The minimum absolute atomic E-state index is 0.0140. The van der Waals surface area contributed by atoms with Crippen LogP contribution in [0.25, 0.3) is 0 Å². The van der Waals surface area contributed by atoms with Gasteiger partial charge < -0.3 is 33.3 Å². The predicted octanol–water partition coefficient (Wildman–Crippen LogP) is 7.08. The van der Waals surface area contributed by atoms with Crippen LogP contribution in [0, 0.1) is 35.5 Å². The second-order valence-corrected chi connectivity index (χ2v) is 17.1. The highest BCUT2D eigenvalue weighted by molar-refractivity contribution is 5.30. The van der Waals surface area contributed by atoms with Gasteiger partial charge in [0.1, 0.15) is 0 Å². The van der Waals surface area contributed by atoms with E-state index in [0.717, 1.165) is 0 Å². The largest absolute Gasteiger partial charge is 0.456 e. The third-order valence-corrected chi connectivity index (χ3v) is 13.6. The van der Waals surface area contributed by atoms with E-state index >= 15 is 0 Å². The van der Waals surface area contributed by atoms with Crippen LogP contribution < -0.4 is 0 Å². The van der Waals surface area contributed by atoms with Gasteiger partial charge in [-0.2, -0.15) is 26.3 Å². The number of ether oxygens (including phenoxy) is 6. The second-order valence-electron chi connectivity index (χ2n) is 17.1. The molecule has 10 aliphatic rings. The maximum Gasteiger partial charge on any atom is 0.449 e. The highest BCUT2D eigenvalue weighted by Gasteiger charge is 2.72. The summed E-state index contributed by atoms with van der Waals surface area (Å²) in [6.07, 6.45) is -7.53. The summed E-state index contributed by atoms with van der Waals surface area (Å²) in [4.78, 5) is 25.3. The van der Waals surface area contributed by atoms with Gasteiger partial charge in [-0.1, -0.05) is 13.8 Å². The van der Waals surface area contributed by atoms with Crippen LogP contribution in [0.15, 0.2) is 22.7 Å². The Morgan fingerprint density at radius 1 is 0.630 bits per heavy atom. The minimum Gasteiger partial charge on any atom is -0.456 e. The molecule has 0 amide bonds. The van der Waals surface area contributed by atoms with Crippen molar-refractivity contribution in [2.75, 3.05) is 46.6 Å². The first-order valence-corrected chi connectivity index (χ1v) is 19.3. The van der Waals surface area contributed by atoms with Crippen molar-refractivity contribution in [2.45, 2.75) is 127 Å². The molecule has 12 atom stereocenters. The topological polar surface area (TPSA) is 95.5 Å². The van der Waals surface area contributed by atoms with Crippen molar-refractivity contribution in [2.24, 2.45) is 35.5 Å². The Kier molecular flexibility index (Phi) is 9.94. The van der Waals surface area contributed by atoms with E-state index in [1.165, 1.54) is 0 Å². The number of hydrogen-bond donors (Lipinski definition) is 0. The molecule has 2 unspecified atom stereocenters. The SMILES string of the molecule is C[C@@H]1CC[C@H]2C(COCCN(C)CCOCC3=C(C(F)(F)F)O[C@@H]4O[C@]5(C)CCC6[C@H](C)CC[C@@H]3[C@]64OO5)=C(C(F)(F)F)O[C@@H]3O[C@]4(C)CCC1[C@]32OO4. The first kappa shape index (κ1) is 39.1. The number of alkyl halides is 6. The fourth-order valence-corrected chi connectivity index (χ4v) is 10.7. The minimum atomic E-state index is -4.77. The zero-order valence-electron chi connectivity index (χ0n) is 31.3. The van der Waals surface area contributed by atoms with Gasteiger partial charge in [-0.3, -0.25) is 0 Å². The summed E-state index contributed by atoms with van der Waals surface area (Å²) in [5.41, 5.74) is -2.48. The molecule has 0 radical (unpaired) electrons. The number of hydrogen-bond acceptors (Lipinski definition) is 11. The Bertz CT molecular complexity index is 1400. The van der Waals surface area contributed by atoms with Crippen LogP contribution in [0.3, 0.4) is 0 Å². The summed E-state index contributed by atoms with van der Waals surface area (Å²) in [5, 5.41) is 0. The van der Waals surface area contributed by atoms with Crippen molar-refractivity contribution < 1.29 is 74.3 Å². The first-order chi connectivity index (χ1) is 25.4. The molecule has 2 spiro atoms. The third-order valence-electron chi connectivity index (χ3n) is 13.6. The van der Waals surface area contributed by atoms with Crippen LogP contribution in [-0.4, -0.2) is 99.2 Å². The summed E-state index contributed by atoms with van der Waals surface area (Å²) >= 11 is 0. The van der Waals surface area contributed by atoms with Gasteiger partial charge in [0.05, 0.1) is 26.4 Å². The zero-order valence-corrected chi connectivity index (χ0v) is 31.3. The van der Waals surface area contributed by atoms with Crippen molar-refractivity contribution in [3.05, 3.63) is 22.7 Å². The molecule has 17 heteroatoms. The van der Waals surface area contributed by atoms with Crippen LogP contribution in [0.1, 0.15) is 79.1 Å². The van der Waals surface area contributed by atoms with E-state index in [1.807, 2.05) is 4.90 Å². The fraction of sp³-hybridized carbons (Fsp3) is 0.892. The van der Waals surface area contributed by atoms with Crippen LogP contribution in [0.4, 0.5) is 26.3 Å². The highest BCUT2D eigenvalue weighted by Crippen LogP contribution is 2.63. The third kappa shape index (κ3) is 6.39. The van der Waals surface area contributed by atoms with Crippen molar-refractivity contribution >= 4 is 0 Å². The molecule has 8 aliphatic heterocycles. The van der Waals surface area contributed by atoms with Gasteiger partial charge in [0, 0.05) is 60.7 Å². The van der Waals surface area contributed by atoms with Crippen molar-refractivity contribution in [3.8, 4) is 0 Å². The Morgan fingerprint density at radius 2 is 1.04 bits per heavy atom. The van der Waals surface area contributed by atoms with E-state index in [9.17, 15) is 26.3 Å². The van der Waals surface area contributed by atoms with Gasteiger partial charge in [0.2, 0.25) is 35.7 Å². The predicted molar refractivity (Wildman–Crippen MR) is 173 cm³/mol. The van der Waals surface area contributed by atoms with E-state index in [2.05, 4.69) is 13.8 Å². The van der Waals surface area contributed by atoms with E-state index in [-0.39, 0.29) is 61.2 Å². The lowest BCUT2D eigenvalue weighted by atomic mass is 9.59. The van der Waals surface area contributed by atoms with E-state index < -0.39 is 71.1 Å². The molecule has 8 fully saturated rings. The van der Waals surface area contributed by atoms with Gasteiger partial charge in [0.15, 0.2) is 11.2 Å². The molecule has 2 aliphatic carbocycles. The van der Waals surface area contributed by atoms with Crippen molar-refractivity contribution in [1.29, 1.82) is 0 Å². The van der Waals surface area contributed by atoms with Crippen LogP contribution >= 0.6 is 0 Å².